The number of nitrogens with one attached hydrogen (secondary N) is 3. The number of amides is 4. The Kier molecular flexibility index (Phi) is 7.66. The molecule has 0 radical (unpaired) electrons. The minimum Gasteiger partial charge on any atom is -0.322 e. The van der Waals surface area contributed by atoms with Crippen LogP contribution in [0.25, 0.3) is 0 Å². The van der Waals surface area contributed by atoms with E-state index in [1.54, 1.807) is 36.5 Å². The molecule has 0 aliphatic carbocycles. The molecule has 0 bridgehead atoms. The van der Waals surface area contributed by atoms with Gasteiger partial charge in [-0.15, -0.1) is 13.2 Å². The summed E-state index contributed by atoms with van der Waals surface area (Å²) in [6, 6.07) is 20.2. The highest BCUT2D eigenvalue weighted by Crippen LogP contribution is 2.29. The van der Waals surface area contributed by atoms with Crippen LogP contribution in [0.5, 0.6) is 0 Å². The lowest BCUT2D eigenvalue weighted by atomic mass is 10.1. The van der Waals surface area contributed by atoms with E-state index in [1.807, 2.05) is 0 Å². The number of anilines is 4. The predicted molar refractivity (Wildman–Crippen MR) is 137 cm³/mol. The summed E-state index contributed by atoms with van der Waals surface area (Å²) in [5, 5.41) is 7.55. The summed E-state index contributed by atoms with van der Waals surface area (Å²) in [7, 11) is 0. The summed E-state index contributed by atoms with van der Waals surface area (Å²) in [6.07, 6.45) is -1.87. The minimum absolute atomic E-state index is 0.0609. The van der Waals surface area contributed by atoms with Gasteiger partial charge in [0.25, 0.3) is 11.8 Å². The molecule has 8 nitrogen and oxygen atoms in total. The summed E-state index contributed by atoms with van der Waals surface area (Å²) in [5.74, 6) is -0.911. The van der Waals surface area contributed by atoms with E-state index in [4.69, 9.17) is 0 Å². The zero-order chi connectivity index (χ0) is 27.1. The molecule has 0 atom stereocenters. The number of hydrogen-bond acceptors (Lipinski definition) is 4. The van der Waals surface area contributed by atoms with Gasteiger partial charge in [-0.2, -0.15) is 0 Å². The van der Waals surface area contributed by atoms with Gasteiger partial charge in [0.1, 0.15) is 0 Å². The first-order valence-electron chi connectivity index (χ1n) is 11.2. The van der Waals surface area contributed by atoms with Crippen molar-refractivity contribution < 1.29 is 27.6 Å². The highest BCUT2D eigenvalue weighted by atomic mass is 19.4. The fourth-order valence-electron chi connectivity index (χ4n) is 3.42. The Morgan fingerprint density at radius 1 is 0.658 bits per heavy atom. The van der Waals surface area contributed by atoms with Crippen LogP contribution in [0, 0.1) is 0 Å². The third kappa shape index (κ3) is 6.52. The first-order valence-corrected chi connectivity index (χ1v) is 11.2. The van der Waals surface area contributed by atoms with Crippen LogP contribution in [0.15, 0.2) is 103 Å². The van der Waals surface area contributed by atoms with Crippen molar-refractivity contribution in [1.82, 2.24) is 4.98 Å². The van der Waals surface area contributed by atoms with Gasteiger partial charge < -0.3 is 16.0 Å². The standard InChI is InChI=1S/C27H20F3N5O3/c28-27(29,30)35(23-9-2-1-3-10-23)26(38)34-20-13-11-18(12-14-20)24(36)32-21-7-4-6-19(16-21)25(37)33-22-8-5-15-31-17-22/h1-17H,(H,32,36)(H,33,37)(H,34,38). The van der Waals surface area contributed by atoms with Crippen molar-refractivity contribution in [3.05, 3.63) is 115 Å². The lowest BCUT2D eigenvalue weighted by Gasteiger charge is -2.25. The molecule has 0 aliphatic heterocycles. The van der Waals surface area contributed by atoms with Gasteiger partial charge in [-0.05, 0) is 66.7 Å². The Morgan fingerprint density at radius 3 is 1.97 bits per heavy atom. The largest absolute Gasteiger partial charge is 0.493 e. The number of para-hydroxylation sites is 1. The summed E-state index contributed by atoms with van der Waals surface area (Å²) >= 11 is 0. The Bertz CT molecular complexity index is 1430. The van der Waals surface area contributed by atoms with Crippen molar-refractivity contribution >= 4 is 40.6 Å². The molecule has 4 aromatic rings. The van der Waals surface area contributed by atoms with Crippen LogP contribution in [-0.4, -0.2) is 29.1 Å². The van der Waals surface area contributed by atoms with Crippen molar-refractivity contribution in [1.29, 1.82) is 0 Å². The van der Waals surface area contributed by atoms with E-state index in [1.165, 1.54) is 54.7 Å². The average Bonchev–Trinajstić information content (AvgIpc) is 2.89. The van der Waals surface area contributed by atoms with Crippen molar-refractivity contribution in [3.8, 4) is 0 Å². The number of rotatable bonds is 6. The smallest absolute Gasteiger partial charge is 0.322 e. The van der Waals surface area contributed by atoms with Crippen LogP contribution >= 0.6 is 0 Å². The van der Waals surface area contributed by atoms with Crippen LogP contribution in [0.4, 0.5) is 40.7 Å². The number of pyridine rings is 1. The summed E-state index contributed by atoms with van der Waals surface area (Å²) in [5.41, 5.74) is 1.08. The lowest BCUT2D eigenvalue weighted by molar-refractivity contribution is -0.120. The van der Waals surface area contributed by atoms with Gasteiger partial charge >= 0.3 is 12.3 Å². The number of hydrogen-bond donors (Lipinski definition) is 3. The van der Waals surface area contributed by atoms with Gasteiger partial charge in [-0.1, -0.05) is 24.3 Å². The molecule has 0 unspecified atom stereocenters. The molecule has 4 amide bonds. The quantitative estimate of drug-likeness (QED) is 0.266. The van der Waals surface area contributed by atoms with Gasteiger partial charge in [-0.3, -0.25) is 14.6 Å². The molecule has 4 rings (SSSR count). The molecule has 3 N–H and O–H groups in total. The number of urea groups is 1. The number of carbonyl (C=O) groups excluding carboxylic acids is 3. The predicted octanol–water partition coefficient (Wildman–Crippen LogP) is 6.14. The maximum absolute atomic E-state index is 13.5. The fourth-order valence-corrected chi connectivity index (χ4v) is 3.42. The number of halogens is 3. The Hall–Kier alpha value is -5.19. The molecular weight excluding hydrogens is 499 g/mol. The van der Waals surface area contributed by atoms with E-state index in [0.717, 1.165) is 12.1 Å². The highest BCUT2D eigenvalue weighted by Gasteiger charge is 2.42. The second-order valence-electron chi connectivity index (χ2n) is 7.88. The fraction of sp³-hybridized carbons (Fsp3) is 0.0370. The van der Waals surface area contributed by atoms with Gasteiger partial charge in [0.15, 0.2) is 0 Å². The number of benzene rings is 3. The van der Waals surface area contributed by atoms with Gasteiger partial charge in [0.2, 0.25) is 0 Å². The van der Waals surface area contributed by atoms with Crippen molar-refractivity contribution in [2.24, 2.45) is 0 Å². The molecule has 3 aromatic carbocycles. The average molecular weight is 519 g/mol. The van der Waals surface area contributed by atoms with E-state index < -0.39 is 24.1 Å². The van der Waals surface area contributed by atoms with Crippen LogP contribution < -0.4 is 20.9 Å². The Balaban J connectivity index is 1.40. The zero-order valence-electron chi connectivity index (χ0n) is 19.6. The van der Waals surface area contributed by atoms with Gasteiger partial charge in [0.05, 0.1) is 17.6 Å². The number of alkyl halides is 3. The highest BCUT2D eigenvalue weighted by molar-refractivity contribution is 6.08. The summed E-state index contributed by atoms with van der Waals surface area (Å²) in [4.78, 5) is 41.2. The number of nitrogens with zero attached hydrogens (tertiary/aromatic N) is 2. The zero-order valence-corrected chi connectivity index (χ0v) is 19.6. The number of carbonyl (C=O) groups is 3. The molecule has 0 aliphatic rings. The van der Waals surface area contributed by atoms with Crippen LogP contribution in [-0.2, 0) is 0 Å². The molecule has 38 heavy (non-hydrogen) atoms. The maximum Gasteiger partial charge on any atom is 0.493 e. The Morgan fingerprint density at radius 2 is 1.32 bits per heavy atom. The SMILES string of the molecule is O=C(Nc1cccc(C(=O)Nc2cccnc2)c1)c1ccc(NC(=O)N(c2ccccc2)C(F)(F)F)cc1. The maximum atomic E-state index is 13.5. The topological polar surface area (TPSA) is 103 Å². The summed E-state index contributed by atoms with van der Waals surface area (Å²) < 4.78 is 40.5. The molecule has 0 spiro atoms. The van der Waals surface area contributed by atoms with Crippen molar-refractivity contribution in [2.75, 3.05) is 20.9 Å². The first-order chi connectivity index (χ1) is 18.2. The molecule has 192 valence electrons. The van der Waals surface area contributed by atoms with Gasteiger partial charge in [0, 0.05) is 28.7 Å². The van der Waals surface area contributed by atoms with E-state index in [0.29, 0.717) is 16.9 Å². The van der Waals surface area contributed by atoms with E-state index >= 15 is 0 Å². The van der Waals surface area contributed by atoms with Crippen LogP contribution in [0.1, 0.15) is 20.7 Å². The Labute approximate surface area is 215 Å². The summed E-state index contributed by atoms with van der Waals surface area (Å²) in [6.45, 7) is 0. The normalized spacial score (nSPS) is 10.8. The third-order valence-electron chi connectivity index (χ3n) is 5.17. The monoisotopic (exact) mass is 519 g/mol. The molecule has 0 fully saturated rings. The van der Waals surface area contributed by atoms with Crippen molar-refractivity contribution in [2.45, 2.75) is 6.30 Å². The van der Waals surface area contributed by atoms with E-state index in [2.05, 4.69) is 20.9 Å². The van der Waals surface area contributed by atoms with Crippen LogP contribution in [0.2, 0.25) is 0 Å². The lowest BCUT2D eigenvalue weighted by Crippen LogP contribution is -2.45. The van der Waals surface area contributed by atoms with Crippen molar-refractivity contribution in [3.63, 3.8) is 0 Å². The second kappa shape index (κ2) is 11.2. The molecule has 0 saturated carbocycles. The van der Waals surface area contributed by atoms with E-state index in [-0.39, 0.29) is 21.8 Å². The van der Waals surface area contributed by atoms with Gasteiger partial charge in [-0.25, -0.2) is 9.69 Å². The third-order valence-corrected chi connectivity index (χ3v) is 5.17. The molecule has 11 heteroatoms. The second-order valence-corrected chi connectivity index (χ2v) is 7.88. The molecule has 0 saturated heterocycles. The van der Waals surface area contributed by atoms with E-state index in [9.17, 15) is 27.6 Å². The number of aromatic nitrogens is 1. The molecule has 1 aromatic heterocycles. The van der Waals surface area contributed by atoms with Crippen LogP contribution in [0.3, 0.4) is 0 Å². The first kappa shape index (κ1) is 25.9. The molecular formula is C27H20F3N5O3. The minimum atomic E-state index is -4.95. The molecule has 1 heterocycles.